The fraction of sp³-hybridized carbons (Fsp3) is 0.316. The number of aryl methyl sites for hydroxylation is 2. The predicted octanol–water partition coefficient (Wildman–Crippen LogP) is 3.26. The zero-order valence-corrected chi connectivity index (χ0v) is 15.2. The second-order valence-corrected chi connectivity index (χ2v) is 6.63. The van der Waals surface area contributed by atoms with E-state index in [-0.39, 0.29) is 28.5 Å². The lowest BCUT2D eigenvalue weighted by Crippen LogP contribution is -2.33. The molecule has 0 radical (unpaired) electrons. The van der Waals surface area contributed by atoms with Gasteiger partial charge in [-0.25, -0.2) is 0 Å². The van der Waals surface area contributed by atoms with Crippen LogP contribution in [0.4, 0.5) is 18.9 Å². The zero-order chi connectivity index (χ0) is 20.1. The number of halogens is 3. The summed E-state index contributed by atoms with van der Waals surface area (Å²) in [5.41, 5.74) is 1.27. The summed E-state index contributed by atoms with van der Waals surface area (Å²) in [5, 5.41) is 3.94. The summed E-state index contributed by atoms with van der Waals surface area (Å²) in [6.45, 7) is 1.61. The maximum absolute atomic E-state index is 13.5. The Balaban J connectivity index is 1.61. The molecule has 1 amide bonds. The third kappa shape index (κ3) is 3.06. The van der Waals surface area contributed by atoms with Gasteiger partial charge in [-0.3, -0.25) is 9.48 Å². The number of anilines is 1. The van der Waals surface area contributed by atoms with E-state index < -0.39 is 18.3 Å². The number of nitrogens with zero attached hydrogens (tertiary/aromatic N) is 4. The number of para-hydroxylation sites is 1. The number of carbonyl (C=O) groups excluding carboxylic acids is 1. The van der Waals surface area contributed by atoms with E-state index in [2.05, 4.69) is 10.1 Å². The SMILES string of the molecule is Cc1nn(C)c2nc(OCC(=O)N3CCc4ccccc43)cc(C(F)(F)F)c12. The Bertz CT molecular complexity index is 1070. The highest BCUT2D eigenvalue weighted by Crippen LogP contribution is 2.37. The highest BCUT2D eigenvalue weighted by molar-refractivity contribution is 5.96. The summed E-state index contributed by atoms with van der Waals surface area (Å²) in [7, 11) is 1.51. The molecule has 0 fully saturated rings. The number of benzene rings is 1. The molecule has 0 bridgehead atoms. The first kappa shape index (κ1) is 18.3. The average molecular weight is 390 g/mol. The number of amides is 1. The minimum absolute atomic E-state index is 0.0568. The molecule has 1 aromatic carbocycles. The summed E-state index contributed by atoms with van der Waals surface area (Å²) in [6, 6.07) is 8.34. The second kappa shape index (κ2) is 6.50. The van der Waals surface area contributed by atoms with Gasteiger partial charge in [0, 0.05) is 25.3 Å². The van der Waals surface area contributed by atoms with Gasteiger partial charge in [-0.2, -0.15) is 23.3 Å². The second-order valence-electron chi connectivity index (χ2n) is 6.63. The average Bonchev–Trinajstić information content (AvgIpc) is 3.20. The lowest BCUT2D eigenvalue weighted by atomic mass is 10.1. The van der Waals surface area contributed by atoms with Crippen molar-refractivity contribution in [1.82, 2.24) is 14.8 Å². The molecular formula is C19H17F3N4O2. The van der Waals surface area contributed by atoms with Crippen molar-refractivity contribution in [3.05, 3.63) is 47.2 Å². The summed E-state index contributed by atoms with van der Waals surface area (Å²) < 4.78 is 47.1. The molecule has 3 aromatic rings. The molecule has 3 heterocycles. The number of aromatic nitrogens is 3. The molecule has 2 aromatic heterocycles. The summed E-state index contributed by atoms with van der Waals surface area (Å²) in [5.74, 6) is -0.592. The van der Waals surface area contributed by atoms with Gasteiger partial charge >= 0.3 is 6.18 Å². The van der Waals surface area contributed by atoms with Gasteiger partial charge in [-0.05, 0) is 25.0 Å². The van der Waals surface area contributed by atoms with E-state index in [4.69, 9.17) is 4.74 Å². The van der Waals surface area contributed by atoms with Gasteiger partial charge in [0.05, 0.1) is 16.6 Å². The van der Waals surface area contributed by atoms with Crippen molar-refractivity contribution in [2.75, 3.05) is 18.1 Å². The van der Waals surface area contributed by atoms with Crippen molar-refractivity contribution in [1.29, 1.82) is 0 Å². The number of ether oxygens (including phenoxy) is 1. The quantitative estimate of drug-likeness (QED) is 0.689. The van der Waals surface area contributed by atoms with E-state index in [9.17, 15) is 18.0 Å². The molecule has 0 saturated heterocycles. The van der Waals surface area contributed by atoms with Crippen LogP contribution in [0.25, 0.3) is 11.0 Å². The summed E-state index contributed by atoms with van der Waals surface area (Å²) in [4.78, 5) is 18.2. The molecule has 0 spiro atoms. The zero-order valence-electron chi connectivity index (χ0n) is 15.2. The largest absolute Gasteiger partial charge is 0.467 e. The van der Waals surface area contributed by atoms with Gasteiger partial charge < -0.3 is 9.64 Å². The normalized spacial score (nSPS) is 13.8. The fourth-order valence-electron chi connectivity index (χ4n) is 3.53. The number of fused-ring (bicyclic) bond motifs is 2. The molecule has 1 aliphatic rings. The molecule has 0 unspecified atom stereocenters. The molecule has 6 nitrogen and oxygen atoms in total. The van der Waals surface area contributed by atoms with E-state index in [0.717, 1.165) is 23.7 Å². The van der Waals surface area contributed by atoms with Gasteiger partial charge in [0.25, 0.3) is 5.91 Å². The first-order valence-electron chi connectivity index (χ1n) is 8.68. The number of hydrogen-bond donors (Lipinski definition) is 0. The summed E-state index contributed by atoms with van der Waals surface area (Å²) in [6.07, 6.45) is -3.86. The Kier molecular flexibility index (Phi) is 4.24. The molecule has 0 atom stereocenters. The maximum atomic E-state index is 13.5. The fourth-order valence-corrected chi connectivity index (χ4v) is 3.53. The minimum atomic E-state index is -4.59. The van der Waals surface area contributed by atoms with Crippen LogP contribution in [0.5, 0.6) is 5.88 Å². The lowest BCUT2D eigenvalue weighted by Gasteiger charge is -2.17. The van der Waals surface area contributed by atoms with Crippen LogP contribution in [0, 0.1) is 6.92 Å². The Labute approximate surface area is 158 Å². The molecular weight excluding hydrogens is 373 g/mol. The Morgan fingerprint density at radius 3 is 2.79 bits per heavy atom. The number of pyridine rings is 1. The number of hydrogen-bond acceptors (Lipinski definition) is 4. The van der Waals surface area contributed by atoms with E-state index in [1.165, 1.54) is 18.7 Å². The molecule has 0 aliphatic carbocycles. The lowest BCUT2D eigenvalue weighted by molar-refractivity contribution is -0.136. The Morgan fingerprint density at radius 2 is 2.04 bits per heavy atom. The molecule has 28 heavy (non-hydrogen) atoms. The van der Waals surface area contributed by atoms with Crippen LogP contribution >= 0.6 is 0 Å². The van der Waals surface area contributed by atoms with Crippen molar-refractivity contribution < 1.29 is 22.7 Å². The smallest absolute Gasteiger partial charge is 0.417 e. The van der Waals surface area contributed by atoms with Crippen LogP contribution < -0.4 is 9.64 Å². The molecule has 0 N–H and O–H groups in total. The van der Waals surface area contributed by atoms with E-state index in [1.807, 2.05) is 24.3 Å². The van der Waals surface area contributed by atoms with E-state index in [0.29, 0.717) is 6.54 Å². The van der Waals surface area contributed by atoms with Gasteiger partial charge in [-0.15, -0.1) is 0 Å². The van der Waals surface area contributed by atoms with Crippen molar-refractivity contribution >= 4 is 22.6 Å². The molecule has 9 heteroatoms. The van der Waals surface area contributed by atoms with E-state index in [1.54, 1.807) is 4.90 Å². The molecule has 4 rings (SSSR count). The monoisotopic (exact) mass is 390 g/mol. The third-order valence-corrected chi connectivity index (χ3v) is 4.78. The molecule has 0 saturated carbocycles. The van der Waals surface area contributed by atoms with Crippen molar-refractivity contribution in [2.24, 2.45) is 7.05 Å². The van der Waals surface area contributed by atoms with Crippen molar-refractivity contribution in [2.45, 2.75) is 19.5 Å². The number of alkyl halides is 3. The highest BCUT2D eigenvalue weighted by Gasteiger charge is 2.36. The standard InChI is InChI=1S/C19H17F3N4O2/c1-11-17-13(19(20,21)22)9-15(23-18(17)25(2)24-11)28-10-16(27)26-8-7-12-5-3-4-6-14(12)26/h3-6,9H,7-8,10H2,1-2H3. The Morgan fingerprint density at radius 1 is 1.29 bits per heavy atom. The van der Waals surface area contributed by atoms with Gasteiger partial charge in [0.1, 0.15) is 0 Å². The number of carbonyl (C=O) groups is 1. The van der Waals surface area contributed by atoms with Crippen LogP contribution in [0.2, 0.25) is 0 Å². The van der Waals surface area contributed by atoms with Crippen LogP contribution in [0.3, 0.4) is 0 Å². The molecule has 146 valence electrons. The Hall–Kier alpha value is -3.10. The van der Waals surface area contributed by atoms with Crippen LogP contribution in [0.15, 0.2) is 30.3 Å². The third-order valence-electron chi connectivity index (χ3n) is 4.78. The van der Waals surface area contributed by atoms with Crippen LogP contribution in [-0.4, -0.2) is 33.8 Å². The van der Waals surface area contributed by atoms with Gasteiger partial charge in [-0.1, -0.05) is 18.2 Å². The first-order valence-corrected chi connectivity index (χ1v) is 8.68. The highest BCUT2D eigenvalue weighted by atomic mass is 19.4. The minimum Gasteiger partial charge on any atom is -0.467 e. The maximum Gasteiger partial charge on any atom is 0.417 e. The topological polar surface area (TPSA) is 60.2 Å². The van der Waals surface area contributed by atoms with Gasteiger partial charge in [0.15, 0.2) is 12.3 Å². The number of rotatable bonds is 3. The summed E-state index contributed by atoms with van der Waals surface area (Å²) >= 11 is 0. The van der Waals surface area contributed by atoms with Crippen LogP contribution in [-0.2, 0) is 24.4 Å². The molecule has 1 aliphatic heterocycles. The van der Waals surface area contributed by atoms with Crippen LogP contribution in [0.1, 0.15) is 16.8 Å². The van der Waals surface area contributed by atoms with Crippen molar-refractivity contribution in [3.63, 3.8) is 0 Å². The first-order chi connectivity index (χ1) is 13.3. The van der Waals surface area contributed by atoms with Gasteiger partial charge in [0.2, 0.25) is 5.88 Å². The van der Waals surface area contributed by atoms with E-state index >= 15 is 0 Å². The van der Waals surface area contributed by atoms with Crippen molar-refractivity contribution in [3.8, 4) is 5.88 Å². The predicted molar refractivity (Wildman–Crippen MR) is 96.2 cm³/mol.